The second-order valence-corrected chi connectivity index (χ2v) is 5.52. The van der Waals surface area contributed by atoms with Gasteiger partial charge in [-0.05, 0) is 26.0 Å². The third kappa shape index (κ3) is 2.38. The van der Waals surface area contributed by atoms with Gasteiger partial charge < -0.3 is 8.92 Å². The number of carbonyl (C=O) groups is 1. The Morgan fingerprint density at radius 2 is 1.78 bits per heavy atom. The fourth-order valence-corrected chi connectivity index (χ4v) is 2.44. The minimum absolute atomic E-state index is 0.0422. The molecular weight excluding hydrogens is 256 g/mol. The van der Waals surface area contributed by atoms with E-state index in [4.69, 9.17) is 4.18 Å². The minimum atomic E-state index is -3.91. The van der Waals surface area contributed by atoms with Crippen molar-refractivity contribution in [1.29, 1.82) is 0 Å². The van der Waals surface area contributed by atoms with Gasteiger partial charge in [0.15, 0.2) is 12.4 Å². The maximum absolute atomic E-state index is 11.9. The number of rotatable bonds is 3. The van der Waals surface area contributed by atoms with Crippen LogP contribution in [0.2, 0.25) is 0 Å². The zero-order chi connectivity index (χ0) is 13.3. The molecule has 18 heavy (non-hydrogen) atoms. The quantitative estimate of drug-likeness (QED) is 0.614. The molecule has 0 saturated heterocycles. The van der Waals surface area contributed by atoms with Gasteiger partial charge in [0.1, 0.15) is 4.90 Å². The molecule has 1 heterocycles. The Labute approximate surface area is 105 Å². The number of hydrogen-bond donors (Lipinski definition) is 0. The van der Waals surface area contributed by atoms with Gasteiger partial charge in [-0.15, -0.1) is 0 Å². The predicted octanol–water partition coefficient (Wildman–Crippen LogP) is 1.53. The van der Waals surface area contributed by atoms with Gasteiger partial charge in [0, 0.05) is 0 Å². The van der Waals surface area contributed by atoms with E-state index in [1.54, 1.807) is 12.1 Å². The average Bonchev–Trinajstić information content (AvgIpc) is 2.61. The first-order chi connectivity index (χ1) is 8.40. The molecule has 1 aromatic rings. The Kier molecular flexibility index (Phi) is 3.13. The molecule has 0 amide bonds. The molecule has 1 aliphatic heterocycles. The normalized spacial score (nSPS) is 15.8. The second kappa shape index (κ2) is 4.45. The first kappa shape index (κ1) is 12.6. The van der Waals surface area contributed by atoms with E-state index in [1.807, 2.05) is 6.92 Å². The molecule has 0 unspecified atom stereocenters. The number of carbonyl (C=O) groups excluding carboxylic acids is 1. The first-order valence-corrected chi connectivity index (χ1v) is 6.69. The lowest BCUT2D eigenvalue weighted by Crippen LogP contribution is -2.08. The van der Waals surface area contributed by atoms with Crippen molar-refractivity contribution in [3.05, 3.63) is 41.2 Å². The highest BCUT2D eigenvalue weighted by Gasteiger charge is 2.27. The van der Waals surface area contributed by atoms with E-state index in [0.717, 1.165) is 5.56 Å². The van der Waals surface area contributed by atoms with Gasteiger partial charge in [-0.2, -0.15) is 8.42 Å². The Balaban J connectivity index is 2.28. The topological polar surface area (TPSA) is 69.7 Å². The Hall–Kier alpha value is -1.82. The molecule has 1 aromatic carbocycles. The van der Waals surface area contributed by atoms with Crippen LogP contribution in [0.1, 0.15) is 12.5 Å². The van der Waals surface area contributed by atoms with Crippen LogP contribution >= 0.6 is 0 Å². The summed E-state index contributed by atoms with van der Waals surface area (Å²) in [7, 11) is -3.91. The molecule has 0 aliphatic carbocycles. The average molecular weight is 268 g/mol. The summed E-state index contributed by atoms with van der Waals surface area (Å²) in [5, 5.41) is 0. The van der Waals surface area contributed by atoms with Crippen molar-refractivity contribution in [3.63, 3.8) is 0 Å². The zero-order valence-corrected chi connectivity index (χ0v) is 10.8. The van der Waals surface area contributed by atoms with E-state index >= 15 is 0 Å². The summed E-state index contributed by atoms with van der Waals surface area (Å²) in [5.41, 5.74) is 1.13. The van der Waals surface area contributed by atoms with Gasteiger partial charge in [0.05, 0.1) is 5.57 Å². The van der Waals surface area contributed by atoms with E-state index in [1.165, 1.54) is 19.1 Å². The fraction of sp³-hybridized carbons (Fsp3) is 0.250. The van der Waals surface area contributed by atoms with E-state index in [9.17, 15) is 13.2 Å². The van der Waals surface area contributed by atoms with Gasteiger partial charge in [-0.3, -0.25) is 0 Å². The highest BCUT2D eigenvalue weighted by atomic mass is 32.2. The Morgan fingerprint density at radius 1 is 1.17 bits per heavy atom. The smallest absolute Gasteiger partial charge is 0.339 e. The molecule has 0 saturated carbocycles. The van der Waals surface area contributed by atoms with Crippen molar-refractivity contribution in [1.82, 2.24) is 0 Å². The highest BCUT2D eigenvalue weighted by molar-refractivity contribution is 7.86. The Bertz CT molecular complexity index is 610. The molecule has 0 fully saturated rings. The van der Waals surface area contributed by atoms with Gasteiger partial charge in [-0.1, -0.05) is 17.7 Å². The number of ether oxygens (including phenoxy) is 1. The molecule has 6 heteroatoms. The molecule has 1 aliphatic rings. The number of esters is 1. The van der Waals surface area contributed by atoms with Crippen LogP contribution in [0.4, 0.5) is 0 Å². The lowest BCUT2D eigenvalue weighted by molar-refractivity contribution is -0.136. The SMILES string of the molecule is CC1=C(OS(=O)(=O)c2ccc(C)cc2)COC1=O. The lowest BCUT2D eigenvalue weighted by Gasteiger charge is -2.07. The van der Waals surface area contributed by atoms with E-state index in [-0.39, 0.29) is 22.8 Å². The molecule has 0 spiro atoms. The van der Waals surface area contributed by atoms with Crippen LogP contribution in [0.3, 0.4) is 0 Å². The van der Waals surface area contributed by atoms with Crippen LogP contribution < -0.4 is 0 Å². The van der Waals surface area contributed by atoms with Crippen LogP contribution in [0, 0.1) is 6.92 Å². The van der Waals surface area contributed by atoms with Crippen molar-refractivity contribution in [2.75, 3.05) is 6.61 Å². The van der Waals surface area contributed by atoms with Crippen LogP contribution in [0.25, 0.3) is 0 Å². The molecule has 2 rings (SSSR count). The summed E-state index contributed by atoms with van der Waals surface area (Å²) in [5.74, 6) is -0.510. The van der Waals surface area contributed by atoms with Gasteiger partial charge in [-0.25, -0.2) is 4.79 Å². The van der Waals surface area contributed by atoms with Crippen LogP contribution in [0.15, 0.2) is 40.5 Å². The summed E-state index contributed by atoms with van der Waals surface area (Å²) >= 11 is 0. The van der Waals surface area contributed by atoms with Gasteiger partial charge in [0.2, 0.25) is 0 Å². The molecule has 0 aromatic heterocycles. The molecule has 0 bridgehead atoms. The van der Waals surface area contributed by atoms with Gasteiger partial charge >= 0.3 is 16.1 Å². The summed E-state index contributed by atoms with van der Waals surface area (Å²) in [6.45, 7) is 3.18. The summed E-state index contributed by atoms with van der Waals surface area (Å²) in [4.78, 5) is 11.1. The summed E-state index contributed by atoms with van der Waals surface area (Å²) < 4.78 is 33.4. The molecule has 5 nitrogen and oxygen atoms in total. The summed E-state index contributed by atoms with van der Waals surface area (Å²) in [6, 6.07) is 6.26. The van der Waals surface area contributed by atoms with Crippen molar-refractivity contribution in [3.8, 4) is 0 Å². The third-order valence-corrected chi connectivity index (χ3v) is 3.85. The van der Waals surface area contributed by atoms with E-state index < -0.39 is 16.1 Å². The number of hydrogen-bond acceptors (Lipinski definition) is 5. The maximum atomic E-state index is 11.9. The van der Waals surface area contributed by atoms with Crippen molar-refractivity contribution in [2.24, 2.45) is 0 Å². The Morgan fingerprint density at radius 3 is 2.28 bits per heavy atom. The second-order valence-electron chi connectivity index (χ2n) is 3.97. The monoisotopic (exact) mass is 268 g/mol. The van der Waals surface area contributed by atoms with E-state index in [0.29, 0.717) is 0 Å². The predicted molar refractivity (Wildman–Crippen MR) is 63.1 cm³/mol. The highest BCUT2D eigenvalue weighted by Crippen LogP contribution is 2.22. The molecule has 96 valence electrons. The largest absolute Gasteiger partial charge is 0.454 e. The van der Waals surface area contributed by atoms with Crippen LogP contribution in [-0.2, 0) is 23.8 Å². The zero-order valence-electron chi connectivity index (χ0n) is 9.97. The number of benzene rings is 1. The number of cyclic esters (lactones) is 1. The van der Waals surface area contributed by atoms with Crippen LogP contribution in [-0.4, -0.2) is 21.0 Å². The fourth-order valence-electron chi connectivity index (χ4n) is 1.43. The molecule has 0 atom stereocenters. The maximum Gasteiger partial charge on any atom is 0.339 e. The van der Waals surface area contributed by atoms with Gasteiger partial charge in [0.25, 0.3) is 0 Å². The molecule has 0 radical (unpaired) electrons. The van der Waals surface area contributed by atoms with Crippen molar-refractivity contribution in [2.45, 2.75) is 18.7 Å². The summed E-state index contributed by atoms with van der Waals surface area (Å²) in [6.07, 6.45) is 0. The van der Waals surface area contributed by atoms with E-state index in [2.05, 4.69) is 4.74 Å². The number of aryl methyl sites for hydroxylation is 1. The van der Waals surface area contributed by atoms with Crippen LogP contribution in [0.5, 0.6) is 0 Å². The standard InChI is InChI=1S/C12H12O5S/c1-8-3-5-10(6-4-8)18(14,15)17-11-7-16-12(13)9(11)2/h3-6H,7H2,1-2H3. The first-order valence-electron chi connectivity index (χ1n) is 5.28. The minimum Gasteiger partial charge on any atom is -0.454 e. The lowest BCUT2D eigenvalue weighted by atomic mass is 10.2. The molecular formula is C12H12O5S. The third-order valence-electron chi connectivity index (χ3n) is 2.58. The molecule has 0 N–H and O–H groups in total. The van der Waals surface area contributed by atoms with Crippen molar-refractivity contribution < 1.29 is 22.1 Å². The van der Waals surface area contributed by atoms with Crippen molar-refractivity contribution >= 4 is 16.1 Å².